The van der Waals surface area contributed by atoms with E-state index in [1.807, 2.05) is 0 Å². The summed E-state index contributed by atoms with van der Waals surface area (Å²) in [7, 11) is 0. The van der Waals surface area contributed by atoms with Crippen LogP contribution < -0.4 is 10.0 Å². The largest absolute Gasteiger partial charge is 0.593 e. The van der Waals surface area contributed by atoms with Crippen molar-refractivity contribution in [1.82, 2.24) is 9.62 Å². The quantitative estimate of drug-likeness (QED) is 0.725. The Morgan fingerprint density at radius 3 is 2.31 bits per heavy atom. The molecule has 1 heterocycles. The Hall–Kier alpha value is -1.94. The summed E-state index contributed by atoms with van der Waals surface area (Å²) in [6.07, 6.45) is 1.00. The normalized spacial score (nSPS) is 21.7. The molecule has 10 heteroatoms. The summed E-state index contributed by atoms with van der Waals surface area (Å²) in [5, 5.41) is 2.13. The average Bonchev–Trinajstić information content (AvgIpc) is 3.39. The van der Waals surface area contributed by atoms with Crippen molar-refractivity contribution in [3.8, 4) is 0 Å². The molecule has 0 radical (unpaired) electrons. The van der Waals surface area contributed by atoms with Crippen molar-refractivity contribution < 1.29 is 27.3 Å². The second-order valence-corrected chi connectivity index (χ2v) is 9.21. The van der Waals surface area contributed by atoms with E-state index in [-0.39, 0.29) is 19.5 Å². The molecular formula is C19H22F3N3O3S. The number of alkyl halides is 3. The van der Waals surface area contributed by atoms with Gasteiger partial charge in [-0.05, 0) is 60.8 Å². The van der Waals surface area contributed by atoms with Crippen molar-refractivity contribution in [3.05, 3.63) is 28.3 Å². The van der Waals surface area contributed by atoms with E-state index >= 15 is 0 Å². The van der Waals surface area contributed by atoms with Crippen molar-refractivity contribution in [2.24, 2.45) is 0 Å². The van der Waals surface area contributed by atoms with Crippen molar-refractivity contribution in [3.63, 3.8) is 0 Å². The Labute approximate surface area is 169 Å². The molecule has 0 bridgehead atoms. The zero-order chi connectivity index (χ0) is 20.8. The number of anilines is 1. The van der Waals surface area contributed by atoms with Gasteiger partial charge in [0.05, 0.1) is 17.9 Å². The second-order valence-electron chi connectivity index (χ2n) is 7.75. The van der Waals surface area contributed by atoms with Crippen LogP contribution in [0.5, 0.6) is 0 Å². The summed E-state index contributed by atoms with van der Waals surface area (Å²) in [5.41, 5.74) is 5.57. The molecule has 29 heavy (non-hydrogen) atoms. The highest BCUT2D eigenvalue weighted by molar-refractivity contribution is 7.90. The van der Waals surface area contributed by atoms with E-state index in [1.165, 1.54) is 11.1 Å². The molecule has 2 N–H and O–H groups in total. The summed E-state index contributed by atoms with van der Waals surface area (Å²) in [6.45, 7) is -0.418. The number of hydrogen-bond acceptors (Lipinski definition) is 3. The number of urea groups is 1. The molecule has 3 amide bonds. The number of aryl methyl sites for hydroxylation is 2. The highest BCUT2D eigenvalue weighted by atomic mass is 32.2. The topological polar surface area (TPSA) is 84.5 Å². The van der Waals surface area contributed by atoms with Crippen LogP contribution in [0.4, 0.5) is 23.7 Å². The molecule has 1 saturated heterocycles. The summed E-state index contributed by atoms with van der Waals surface area (Å²) in [5.74, 6) is -1.93. The van der Waals surface area contributed by atoms with Gasteiger partial charge in [-0.25, -0.2) is 4.79 Å². The number of carbonyl (C=O) groups excluding carboxylic acids is 2. The highest BCUT2D eigenvalue weighted by Crippen LogP contribution is 2.38. The van der Waals surface area contributed by atoms with Crippen LogP contribution in [0.3, 0.4) is 0 Å². The van der Waals surface area contributed by atoms with Gasteiger partial charge in [0.15, 0.2) is 5.25 Å². The number of rotatable bonds is 3. The first-order valence-electron chi connectivity index (χ1n) is 9.75. The number of likely N-dealkylation sites (tertiary alicyclic amines) is 1. The molecule has 2 atom stereocenters. The van der Waals surface area contributed by atoms with E-state index < -0.39 is 34.7 Å². The fourth-order valence-corrected chi connectivity index (χ4v) is 5.58. The fourth-order valence-electron chi connectivity index (χ4n) is 4.55. The minimum atomic E-state index is -4.95. The number of nitrogens with one attached hydrogen (secondary N) is 2. The van der Waals surface area contributed by atoms with E-state index in [2.05, 4.69) is 16.1 Å². The Morgan fingerprint density at radius 2 is 1.72 bits per heavy atom. The van der Waals surface area contributed by atoms with Crippen molar-refractivity contribution in [2.75, 3.05) is 18.4 Å². The lowest BCUT2D eigenvalue weighted by Gasteiger charge is -2.20. The molecule has 158 valence electrons. The van der Waals surface area contributed by atoms with Gasteiger partial charge in [-0.15, -0.1) is 0 Å². The van der Waals surface area contributed by atoms with Gasteiger partial charge in [0.1, 0.15) is 0 Å². The van der Waals surface area contributed by atoms with Gasteiger partial charge in [-0.1, -0.05) is 6.07 Å². The van der Waals surface area contributed by atoms with Gasteiger partial charge in [-0.3, -0.25) is 4.79 Å². The maximum absolute atomic E-state index is 12.6. The van der Waals surface area contributed by atoms with Crippen LogP contribution in [0.15, 0.2) is 6.07 Å². The van der Waals surface area contributed by atoms with Crippen LogP contribution >= 0.6 is 0 Å². The van der Waals surface area contributed by atoms with Gasteiger partial charge in [0.25, 0.3) is 0 Å². The molecule has 0 saturated carbocycles. The van der Waals surface area contributed by atoms with Crippen molar-refractivity contribution >= 4 is 29.0 Å². The molecule has 2 unspecified atom stereocenters. The standard InChI is InChI=1S/C19H22F3N3O3S/c20-19(21,22)17(26)25-8-7-13(10-25)29(28)24-18(27)23-16-14-5-1-3-11(14)9-12-4-2-6-15(12)16/h9,13H,1-8,10H2,(H2,23,24,27). The molecule has 3 aliphatic rings. The monoisotopic (exact) mass is 429 g/mol. The van der Waals surface area contributed by atoms with Gasteiger partial charge in [0.2, 0.25) is 0 Å². The van der Waals surface area contributed by atoms with Crippen LogP contribution in [-0.2, 0) is 41.8 Å². The molecule has 6 nitrogen and oxygen atoms in total. The lowest BCUT2D eigenvalue weighted by Crippen LogP contribution is -2.44. The predicted octanol–water partition coefficient (Wildman–Crippen LogP) is 2.61. The van der Waals surface area contributed by atoms with Crippen LogP contribution in [0.1, 0.15) is 41.5 Å². The first-order chi connectivity index (χ1) is 13.7. The van der Waals surface area contributed by atoms with E-state index in [4.69, 9.17) is 0 Å². The minimum absolute atomic E-state index is 0.127. The highest BCUT2D eigenvalue weighted by Gasteiger charge is 2.46. The lowest BCUT2D eigenvalue weighted by molar-refractivity contribution is -0.184. The smallest absolute Gasteiger partial charge is 0.471 e. The van der Waals surface area contributed by atoms with E-state index in [9.17, 15) is 27.3 Å². The molecule has 2 aliphatic carbocycles. The molecular weight excluding hydrogens is 407 g/mol. The van der Waals surface area contributed by atoms with E-state index in [0.717, 1.165) is 55.3 Å². The third-order valence-corrected chi connectivity index (χ3v) is 7.26. The maximum Gasteiger partial charge on any atom is 0.471 e. The molecule has 1 fully saturated rings. The van der Waals surface area contributed by atoms with Gasteiger partial charge < -0.3 is 14.8 Å². The van der Waals surface area contributed by atoms with Crippen LogP contribution in [-0.4, -0.2) is 45.9 Å². The summed E-state index contributed by atoms with van der Waals surface area (Å²) in [4.78, 5) is 24.4. The second kappa shape index (κ2) is 7.71. The Bertz CT molecular complexity index is 814. The van der Waals surface area contributed by atoms with Crippen molar-refractivity contribution in [1.29, 1.82) is 0 Å². The summed E-state index contributed by atoms with van der Waals surface area (Å²) >= 11 is -1.88. The number of benzene rings is 1. The number of nitrogens with zero attached hydrogens (tertiary/aromatic N) is 1. The Kier molecular flexibility index (Phi) is 5.41. The number of fused-ring (bicyclic) bond motifs is 2. The average molecular weight is 429 g/mol. The predicted molar refractivity (Wildman–Crippen MR) is 102 cm³/mol. The van der Waals surface area contributed by atoms with Crippen molar-refractivity contribution in [2.45, 2.75) is 56.4 Å². The Balaban J connectivity index is 1.40. The fraction of sp³-hybridized carbons (Fsp3) is 0.579. The van der Waals surface area contributed by atoms with Crippen LogP contribution in [0.2, 0.25) is 0 Å². The summed E-state index contributed by atoms with van der Waals surface area (Å²) in [6, 6.07) is 1.61. The van der Waals surface area contributed by atoms with Gasteiger partial charge in [-0.2, -0.15) is 17.9 Å². The number of amides is 3. The first kappa shape index (κ1) is 20.3. The number of carbonyl (C=O) groups is 2. The van der Waals surface area contributed by atoms with E-state index in [0.29, 0.717) is 4.90 Å². The van der Waals surface area contributed by atoms with E-state index in [1.54, 1.807) is 0 Å². The minimum Gasteiger partial charge on any atom is -0.593 e. The van der Waals surface area contributed by atoms with Crippen LogP contribution in [0, 0.1) is 0 Å². The molecule has 1 aliphatic heterocycles. The SMILES string of the molecule is O=C(Nc1c2c(cc3c1CCC3)CCC2)N[S+]([O-])C1CCN(C(=O)C(F)(F)F)C1. The lowest BCUT2D eigenvalue weighted by atomic mass is 9.99. The molecule has 1 aromatic rings. The zero-order valence-corrected chi connectivity index (χ0v) is 16.5. The van der Waals surface area contributed by atoms with Gasteiger partial charge >= 0.3 is 18.1 Å². The van der Waals surface area contributed by atoms with Gasteiger partial charge in [0, 0.05) is 18.7 Å². The third kappa shape index (κ3) is 4.05. The first-order valence-corrected chi connectivity index (χ1v) is 11.0. The number of hydrogen-bond donors (Lipinski definition) is 2. The van der Waals surface area contributed by atoms with Crippen LogP contribution in [0.25, 0.3) is 0 Å². The molecule has 0 spiro atoms. The Morgan fingerprint density at radius 1 is 1.10 bits per heavy atom. The molecule has 4 rings (SSSR count). The number of halogens is 3. The molecule has 0 aromatic heterocycles. The zero-order valence-electron chi connectivity index (χ0n) is 15.7. The maximum atomic E-state index is 12.6. The summed E-state index contributed by atoms with van der Waals surface area (Å²) < 4.78 is 52.5. The molecule has 1 aromatic carbocycles. The third-order valence-electron chi connectivity index (χ3n) is 5.88.